The van der Waals surface area contributed by atoms with Crippen LogP contribution in [0.2, 0.25) is 0 Å². The van der Waals surface area contributed by atoms with Crippen molar-refractivity contribution in [2.24, 2.45) is 11.3 Å². The second-order valence-corrected chi connectivity index (χ2v) is 7.43. The molecule has 1 aromatic carbocycles. The number of benzene rings is 1. The number of carbonyl (C=O) groups excluding carboxylic acids is 2. The fourth-order valence-corrected chi connectivity index (χ4v) is 4.36. The van der Waals surface area contributed by atoms with Crippen LogP contribution in [0.1, 0.15) is 61.5 Å². The summed E-state index contributed by atoms with van der Waals surface area (Å²) in [4.78, 5) is 24.8. The van der Waals surface area contributed by atoms with E-state index in [0.29, 0.717) is 12.8 Å². The molecule has 0 amide bonds. The van der Waals surface area contributed by atoms with E-state index in [2.05, 4.69) is 6.92 Å². The lowest BCUT2D eigenvalue weighted by Crippen LogP contribution is -2.53. The van der Waals surface area contributed by atoms with Gasteiger partial charge < -0.3 is 5.11 Å². The molecule has 0 unspecified atom stereocenters. The molecule has 0 aliphatic heterocycles. The Morgan fingerprint density at radius 1 is 1.19 bits per heavy atom. The molecule has 2 aliphatic rings. The van der Waals surface area contributed by atoms with Crippen molar-refractivity contribution < 1.29 is 14.7 Å². The smallest absolute Gasteiger partial charge is 0.163 e. The predicted molar refractivity (Wildman–Crippen MR) is 80.7 cm³/mol. The van der Waals surface area contributed by atoms with Gasteiger partial charge in [-0.2, -0.15) is 0 Å². The van der Waals surface area contributed by atoms with Gasteiger partial charge in [-0.25, -0.2) is 0 Å². The Labute approximate surface area is 125 Å². The van der Waals surface area contributed by atoms with Crippen LogP contribution < -0.4 is 0 Å². The summed E-state index contributed by atoms with van der Waals surface area (Å²) >= 11 is 0. The molecule has 2 atom stereocenters. The normalized spacial score (nSPS) is 30.8. The van der Waals surface area contributed by atoms with E-state index < -0.39 is 5.41 Å². The molecule has 112 valence electrons. The van der Waals surface area contributed by atoms with Crippen LogP contribution >= 0.6 is 0 Å². The highest BCUT2D eigenvalue weighted by Crippen LogP contribution is 2.56. The van der Waals surface area contributed by atoms with Crippen LogP contribution in [-0.2, 0) is 10.2 Å². The number of Topliss-reactive ketones (excluding diaryl/α,β-unsaturated/α-hetero) is 2. The molecule has 0 aromatic heterocycles. The van der Waals surface area contributed by atoms with Crippen LogP contribution in [0, 0.1) is 18.3 Å². The first-order chi connectivity index (χ1) is 9.68. The molecule has 1 fully saturated rings. The lowest BCUT2D eigenvalue weighted by atomic mass is 9.49. The van der Waals surface area contributed by atoms with Gasteiger partial charge in [0.25, 0.3) is 0 Å². The molecule has 0 heterocycles. The fourth-order valence-electron chi connectivity index (χ4n) is 4.36. The van der Waals surface area contributed by atoms with Crippen LogP contribution in [0.25, 0.3) is 0 Å². The Bertz CT molecular complexity index is 657. The van der Waals surface area contributed by atoms with Crippen molar-refractivity contribution in [3.8, 4) is 5.75 Å². The molecule has 21 heavy (non-hydrogen) atoms. The molecular formula is C18H22O3. The maximum absolute atomic E-state index is 12.5. The minimum atomic E-state index is -0.485. The number of hydrogen-bond donors (Lipinski definition) is 1. The fraction of sp³-hybridized carbons (Fsp3) is 0.556. The summed E-state index contributed by atoms with van der Waals surface area (Å²) in [6.45, 7) is 7.88. The van der Waals surface area contributed by atoms with E-state index in [1.54, 1.807) is 12.1 Å². The van der Waals surface area contributed by atoms with Crippen molar-refractivity contribution in [2.75, 3.05) is 0 Å². The molecule has 1 saturated carbocycles. The molecule has 0 saturated heterocycles. The number of hydrogen-bond acceptors (Lipinski definition) is 3. The van der Waals surface area contributed by atoms with Crippen molar-refractivity contribution in [2.45, 2.75) is 52.4 Å². The molecule has 0 radical (unpaired) electrons. The molecule has 1 aromatic rings. The van der Waals surface area contributed by atoms with Crippen molar-refractivity contribution in [1.29, 1.82) is 0 Å². The van der Waals surface area contributed by atoms with Gasteiger partial charge in [-0.05, 0) is 47.9 Å². The van der Waals surface area contributed by atoms with E-state index in [9.17, 15) is 14.7 Å². The first-order valence-corrected chi connectivity index (χ1v) is 7.58. The Balaban J connectivity index is 2.24. The maximum atomic E-state index is 12.5. The molecule has 1 N–H and O–H groups in total. The number of aromatic hydroxyl groups is 1. The number of carbonyl (C=O) groups is 2. The number of phenols is 1. The van der Waals surface area contributed by atoms with Gasteiger partial charge in [-0.3, -0.25) is 9.59 Å². The third-order valence-electron chi connectivity index (χ3n) is 5.87. The van der Waals surface area contributed by atoms with Gasteiger partial charge in [0.2, 0.25) is 0 Å². The van der Waals surface area contributed by atoms with Crippen molar-refractivity contribution in [1.82, 2.24) is 0 Å². The molecular weight excluding hydrogens is 264 g/mol. The first kappa shape index (κ1) is 14.3. The van der Waals surface area contributed by atoms with E-state index in [4.69, 9.17) is 0 Å². The van der Waals surface area contributed by atoms with Gasteiger partial charge in [0, 0.05) is 23.8 Å². The van der Waals surface area contributed by atoms with Crippen molar-refractivity contribution in [3.05, 3.63) is 28.8 Å². The first-order valence-electron chi connectivity index (χ1n) is 7.58. The minimum Gasteiger partial charge on any atom is -0.508 e. The van der Waals surface area contributed by atoms with Crippen LogP contribution in [0.5, 0.6) is 5.75 Å². The molecule has 3 nitrogen and oxygen atoms in total. The molecule has 0 spiro atoms. The Morgan fingerprint density at radius 2 is 1.86 bits per heavy atom. The van der Waals surface area contributed by atoms with Crippen LogP contribution in [0.15, 0.2) is 12.1 Å². The van der Waals surface area contributed by atoms with E-state index in [1.807, 2.05) is 20.8 Å². The topological polar surface area (TPSA) is 54.4 Å². The average Bonchev–Trinajstić information content (AvgIpc) is 2.41. The summed E-state index contributed by atoms with van der Waals surface area (Å²) in [6.07, 6.45) is 1.72. The van der Waals surface area contributed by atoms with Crippen LogP contribution in [-0.4, -0.2) is 16.7 Å². The summed E-state index contributed by atoms with van der Waals surface area (Å²) in [5.41, 5.74) is 1.68. The molecule has 3 heteroatoms. The predicted octanol–water partition coefficient (Wildman–Crippen LogP) is 3.55. The summed E-state index contributed by atoms with van der Waals surface area (Å²) in [7, 11) is 0. The summed E-state index contributed by atoms with van der Waals surface area (Å²) in [6, 6.07) is 3.55. The maximum Gasteiger partial charge on any atom is 0.163 e. The largest absolute Gasteiger partial charge is 0.508 e. The molecule has 0 bridgehead atoms. The monoisotopic (exact) mass is 286 g/mol. The number of aryl methyl sites for hydroxylation is 1. The number of rotatable bonds is 0. The van der Waals surface area contributed by atoms with Gasteiger partial charge in [0.1, 0.15) is 11.5 Å². The standard InChI is InChI=1S/C18H22O3/c1-10-7-11-12(8-13(10)19)18(4)6-5-16(21)17(2,3)15(18)9-14(11)20/h7-8,15,19H,5-6,9H2,1-4H3/t15-,18-/m0/s1. The number of fused-ring (bicyclic) bond motifs is 3. The van der Waals surface area contributed by atoms with E-state index >= 15 is 0 Å². The highest BCUT2D eigenvalue weighted by molar-refractivity contribution is 6.01. The SMILES string of the molecule is Cc1cc2c(cc1O)[C@]1(C)CCC(=O)C(C)(C)[C@@H]1CC2=O. The van der Waals surface area contributed by atoms with E-state index in [0.717, 1.165) is 23.1 Å². The van der Waals surface area contributed by atoms with Crippen LogP contribution in [0.4, 0.5) is 0 Å². The Morgan fingerprint density at radius 3 is 2.52 bits per heavy atom. The third-order valence-corrected chi connectivity index (χ3v) is 5.87. The highest BCUT2D eigenvalue weighted by Gasteiger charge is 2.55. The Kier molecular flexibility index (Phi) is 2.85. The zero-order valence-corrected chi connectivity index (χ0v) is 13.1. The highest BCUT2D eigenvalue weighted by atomic mass is 16.3. The third kappa shape index (κ3) is 1.79. The van der Waals surface area contributed by atoms with Crippen molar-refractivity contribution in [3.63, 3.8) is 0 Å². The lowest BCUT2D eigenvalue weighted by Gasteiger charge is -2.52. The summed E-state index contributed by atoms with van der Waals surface area (Å²) in [5.74, 6) is 0.586. The van der Waals surface area contributed by atoms with Gasteiger partial charge in [-0.15, -0.1) is 0 Å². The average molecular weight is 286 g/mol. The summed E-state index contributed by atoms with van der Waals surface area (Å²) < 4.78 is 0. The number of phenolic OH excluding ortho intramolecular Hbond substituents is 1. The quantitative estimate of drug-likeness (QED) is 0.793. The van der Waals surface area contributed by atoms with Gasteiger partial charge in [-0.1, -0.05) is 20.8 Å². The van der Waals surface area contributed by atoms with E-state index in [-0.39, 0.29) is 28.6 Å². The molecule has 2 aliphatic carbocycles. The second-order valence-electron chi connectivity index (χ2n) is 7.43. The zero-order chi connectivity index (χ0) is 15.6. The van der Waals surface area contributed by atoms with Gasteiger partial charge >= 0.3 is 0 Å². The lowest BCUT2D eigenvalue weighted by molar-refractivity contribution is -0.136. The van der Waals surface area contributed by atoms with E-state index in [1.165, 1.54) is 0 Å². The number of ketones is 2. The van der Waals surface area contributed by atoms with Gasteiger partial charge in [0.15, 0.2) is 5.78 Å². The van der Waals surface area contributed by atoms with Crippen molar-refractivity contribution >= 4 is 11.6 Å². The van der Waals surface area contributed by atoms with Crippen LogP contribution in [0.3, 0.4) is 0 Å². The van der Waals surface area contributed by atoms with Gasteiger partial charge in [0.05, 0.1) is 0 Å². The minimum absolute atomic E-state index is 0.00774. The second kappa shape index (κ2) is 4.19. The molecule has 3 rings (SSSR count). The zero-order valence-electron chi connectivity index (χ0n) is 13.1. The Hall–Kier alpha value is -1.64. The summed E-state index contributed by atoms with van der Waals surface area (Å²) in [5, 5.41) is 10.1.